The molecule has 0 saturated carbocycles. The third-order valence-corrected chi connectivity index (χ3v) is 2.55. The summed E-state index contributed by atoms with van der Waals surface area (Å²) in [5.41, 5.74) is 0.524. The predicted molar refractivity (Wildman–Crippen MR) is 66.8 cm³/mol. The first-order chi connectivity index (χ1) is 9.08. The van der Waals surface area contributed by atoms with Crippen molar-refractivity contribution < 1.29 is 28.5 Å². The van der Waals surface area contributed by atoms with Crippen LogP contribution in [0.15, 0.2) is 12.1 Å². The number of ketones is 1. The first-order valence-corrected chi connectivity index (χ1v) is 5.48. The van der Waals surface area contributed by atoms with Crippen LogP contribution in [0, 0.1) is 0 Å². The molecule has 19 heavy (non-hydrogen) atoms. The van der Waals surface area contributed by atoms with Gasteiger partial charge < -0.3 is 18.9 Å². The van der Waals surface area contributed by atoms with Gasteiger partial charge in [0.05, 0.1) is 28.4 Å². The lowest BCUT2D eigenvalue weighted by atomic mass is 10.1. The second-order valence-electron chi connectivity index (χ2n) is 3.58. The zero-order valence-corrected chi connectivity index (χ0v) is 11.3. The molecule has 0 aliphatic carbocycles. The van der Waals surface area contributed by atoms with Crippen LogP contribution in [-0.2, 0) is 20.7 Å². The summed E-state index contributed by atoms with van der Waals surface area (Å²) in [4.78, 5) is 22.7. The standard InChI is InChI=1S/C13H16O6/c1-16-10-6-5-8(7-9(14)13(15)19-4)11(17-2)12(10)18-3/h5-6H,7H2,1-4H3. The van der Waals surface area contributed by atoms with Crippen LogP contribution in [0.1, 0.15) is 5.56 Å². The Morgan fingerprint density at radius 1 is 0.947 bits per heavy atom. The van der Waals surface area contributed by atoms with Gasteiger partial charge in [0.25, 0.3) is 0 Å². The zero-order chi connectivity index (χ0) is 14.4. The van der Waals surface area contributed by atoms with Crippen LogP contribution in [0.25, 0.3) is 0 Å². The maximum Gasteiger partial charge on any atom is 0.374 e. The zero-order valence-electron chi connectivity index (χ0n) is 11.3. The minimum absolute atomic E-state index is 0.129. The summed E-state index contributed by atoms with van der Waals surface area (Å²) in [6, 6.07) is 3.28. The molecule has 1 rings (SSSR count). The Hall–Kier alpha value is -2.24. The van der Waals surface area contributed by atoms with E-state index in [-0.39, 0.29) is 6.42 Å². The Morgan fingerprint density at radius 2 is 1.58 bits per heavy atom. The average Bonchev–Trinajstić information content (AvgIpc) is 2.45. The van der Waals surface area contributed by atoms with Gasteiger partial charge in [0.2, 0.25) is 11.5 Å². The van der Waals surface area contributed by atoms with Gasteiger partial charge in [-0.15, -0.1) is 0 Å². The molecule has 0 spiro atoms. The van der Waals surface area contributed by atoms with Crippen molar-refractivity contribution in [1.29, 1.82) is 0 Å². The van der Waals surface area contributed by atoms with E-state index in [1.807, 2.05) is 0 Å². The number of hydrogen-bond donors (Lipinski definition) is 0. The van der Waals surface area contributed by atoms with Gasteiger partial charge in [0.1, 0.15) is 0 Å². The second kappa shape index (κ2) is 6.63. The fraction of sp³-hybridized carbons (Fsp3) is 0.385. The molecule has 0 amide bonds. The highest BCUT2D eigenvalue weighted by Gasteiger charge is 2.21. The molecule has 0 bridgehead atoms. The molecule has 1 aromatic carbocycles. The van der Waals surface area contributed by atoms with Crippen LogP contribution < -0.4 is 14.2 Å². The van der Waals surface area contributed by atoms with E-state index in [2.05, 4.69) is 4.74 Å². The van der Waals surface area contributed by atoms with Crippen LogP contribution in [0.3, 0.4) is 0 Å². The number of carbonyl (C=O) groups is 2. The predicted octanol–water partition coefficient (Wildman–Crippen LogP) is 0.997. The number of esters is 1. The Bertz CT molecular complexity index is 480. The van der Waals surface area contributed by atoms with Gasteiger partial charge in [0, 0.05) is 12.0 Å². The molecule has 0 aliphatic heterocycles. The highest BCUT2D eigenvalue weighted by atomic mass is 16.5. The van der Waals surface area contributed by atoms with E-state index in [4.69, 9.17) is 14.2 Å². The largest absolute Gasteiger partial charge is 0.493 e. The van der Waals surface area contributed by atoms with Crippen LogP contribution in [0.4, 0.5) is 0 Å². The first kappa shape index (κ1) is 14.8. The normalized spacial score (nSPS) is 9.68. The number of carbonyl (C=O) groups excluding carboxylic acids is 2. The maximum atomic E-state index is 11.6. The molecule has 6 heteroatoms. The van der Waals surface area contributed by atoms with Crippen LogP contribution in [0.2, 0.25) is 0 Å². The smallest absolute Gasteiger partial charge is 0.374 e. The Labute approximate surface area is 111 Å². The van der Waals surface area contributed by atoms with Crippen molar-refractivity contribution in [2.45, 2.75) is 6.42 Å². The molecular weight excluding hydrogens is 252 g/mol. The van der Waals surface area contributed by atoms with Crippen molar-refractivity contribution in [2.75, 3.05) is 28.4 Å². The summed E-state index contributed by atoms with van der Waals surface area (Å²) in [5, 5.41) is 0. The van der Waals surface area contributed by atoms with E-state index in [0.29, 0.717) is 22.8 Å². The number of benzene rings is 1. The summed E-state index contributed by atoms with van der Waals surface area (Å²) in [6.07, 6.45) is -0.129. The first-order valence-electron chi connectivity index (χ1n) is 5.48. The molecule has 0 fully saturated rings. The summed E-state index contributed by atoms with van der Waals surface area (Å²) < 4.78 is 19.9. The maximum absolute atomic E-state index is 11.6. The van der Waals surface area contributed by atoms with E-state index in [1.54, 1.807) is 12.1 Å². The van der Waals surface area contributed by atoms with E-state index in [9.17, 15) is 9.59 Å². The fourth-order valence-corrected chi connectivity index (χ4v) is 1.66. The van der Waals surface area contributed by atoms with Gasteiger partial charge in [0.15, 0.2) is 11.5 Å². The van der Waals surface area contributed by atoms with Crippen molar-refractivity contribution in [2.24, 2.45) is 0 Å². The summed E-state index contributed by atoms with van der Waals surface area (Å²) in [7, 11) is 5.57. The molecular formula is C13H16O6. The molecule has 0 unspecified atom stereocenters. The third kappa shape index (κ3) is 3.15. The van der Waals surface area contributed by atoms with Crippen LogP contribution in [0.5, 0.6) is 17.2 Å². The quantitative estimate of drug-likeness (QED) is 0.566. The molecule has 0 saturated heterocycles. The SMILES string of the molecule is COC(=O)C(=O)Cc1ccc(OC)c(OC)c1OC. The molecule has 0 radical (unpaired) electrons. The molecule has 104 valence electrons. The molecule has 6 nitrogen and oxygen atoms in total. The monoisotopic (exact) mass is 268 g/mol. The lowest BCUT2D eigenvalue weighted by molar-refractivity contribution is -0.151. The Balaban J connectivity index is 3.15. The topological polar surface area (TPSA) is 71.1 Å². The molecule has 0 heterocycles. The van der Waals surface area contributed by atoms with Gasteiger partial charge >= 0.3 is 5.97 Å². The highest BCUT2D eigenvalue weighted by molar-refractivity contribution is 6.34. The molecule has 0 N–H and O–H groups in total. The average molecular weight is 268 g/mol. The van der Waals surface area contributed by atoms with Gasteiger partial charge in [-0.05, 0) is 6.07 Å². The fourth-order valence-electron chi connectivity index (χ4n) is 1.66. The van der Waals surface area contributed by atoms with E-state index >= 15 is 0 Å². The summed E-state index contributed by atoms with van der Waals surface area (Å²) in [5.74, 6) is -0.335. The number of rotatable bonds is 6. The lowest BCUT2D eigenvalue weighted by Gasteiger charge is -2.15. The summed E-state index contributed by atoms with van der Waals surface area (Å²) >= 11 is 0. The summed E-state index contributed by atoms with van der Waals surface area (Å²) in [6.45, 7) is 0. The van der Waals surface area contributed by atoms with Crippen molar-refractivity contribution in [3.63, 3.8) is 0 Å². The third-order valence-electron chi connectivity index (χ3n) is 2.55. The highest BCUT2D eigenvalue weighted by Crippen LogP contribution is 2.39. The van der Waals surface area contributed by atoms with Crippen molar-refractivity contribution in [1.82, 2.24) is 0 Å². The van der Waals surface area contributed by atoms with Crippen LogP contribution in [-0.4, -0.2) is 40.2 Å². The number of methoxy groups -OCH3 is 4. The van der Waals surface area contributed by atoms with Crippen molar-refractivity contribution >= 4 is 11.8 Å². The minimum atomic E-state index is -0.892. The number of hydrogen-bond acceptors (Lipinski definition) is 6. The lowest BCUT2D eigenvalue weighted by Crippen LogP contribution is -2.18. The number of Topliss-reactive ketones (excluding diaryl/α,β-unsaturated/α-hetero) is 1. The van der Waals surface area contributed by atoms with E-state index in [0.717, 1.165) is 7.11 Å². The van der Waals surface area contributed by atoms with Crippen LogP contribution >= 0.6 is 0 Å². The molecule has 0 atom stereocenters. The van der Waals surface area contributed by atoms with Gasteiger partial charge in [-0.2, -0.15) is 0 Å². The Morgan fingerprint density at radius 3 is 2.05 bits per heavy atom. The molecule has 0 aliphatic rings. The van der Waals surface area contributed by atoms with Gasteiger partial charge in [-0.1, -0.05) is 6.07 Å². The minimum Gasteiger partial charge on any atom is -0.493 e. The Kier molecular flexibility index (Phi) is 5.17. The number of ether oxygens (including phenoxy) is 4. The van der Waals surface area contributed by atoms with Crippen molar-refractivity contribution in [3.05, 3.63) is 17.7 Å². The van der Waals surface area contributed by atoms with Crippen molar-refractivity contribution in [3.8, 4) is 17.2 Å². The van der Waals surface area contributed by atoms with Gasteiger partial charge in [-0.25, -0.2) is 4.79 Å². The second-order valence-corrected chi connectivity index (χ2v) is 3.58. The van der Waals surface area contributed by atoms with E-state index < -0.39 is 11.8 Å². The molecule has 0 aromatic heterocycles. The molecule has 1 aromatic rings. The van der Waals surface area contributed by atoms with E-state index in [1.165, 1.54) is 21.3 Å². The van der Waals surface area contributed by atoms with Gasteiger partial charge in [-0.3, -0.25) is 4.79 Å².